The summed E-state index contributed by atoms with van der Waals surface area (Å²) in [6, 6.07) is 19.4. The van der Waals surface area contributed by atoms with Gasteiger partial charge >= 0.3 is 0 Å². The van der Waals surface area contributed by atoms with E-state index in [1.807, 2.05) is 18.3 Å². The number of H-pyrrole nitrogens is 1. The van der Waals surface area contributed by atoms with Gasteiger partial charge in [-0.3, -0.25) is 9.89 Å². The molecule has 0 saturated heterocycles. The van der Waals surface area contributed by atoms with E-state index in [9.17, 15) is 4.79 Å². The predicted molar refractivity (Wildman–Crippen MR) is 121 cm³/mol. The molecule has 5 heteroatoms. The van der Waals surface area contributed by atoms with Gasteiger partial charge in [0.25, 0.3) is 5.91 Å². The van der Waals surface area contributed by atoms with Crippen molar-refractivity contribution in [3.05, 3.63) is 89.4 Å². The first-order chi connectivity index (χ1) is 15.3. The van der Waals surface area contributed by atoms with E-state index in [0.29, 0.717) is 6.04 Å². The molecule has 2 aliphatic rings. The van der Waals surface area contributed by atoms with Crippen LogP contribution in [0, 0.1) is 0 Å². The van der Waals surface area contributed by atoms with Gasteiger partial charge in [-0.2, -0.15) is 5.10 Å². The van der Waals surface area contributed by atoms with E-state index in [4.69, 9.17) is 0 Å². The standard InChI is InChI=1S/C26H26N4O/c31-26(30(22-8-9-22)23-10-11-24-21(14-23)16-27-28-24)20-7-6-19-12-13-29(25(19)15-20)17-18-4-2-1-3-5-18/h1-7,12-13,15-16,22-23H,8-11,14,17H2,(H,27,28). The average Bonchev–Trinajstić information content (AvgIpc) is 3.38. The van der Waals surface area contributed by atoms with E-state index >= 15 is 0 Å². The van der Waals surface area contributed by atoms with Gasteiger partial charge in [-0.1, -0.05) is 36.4 Å². The number of nitrogens with zero attached hydrogens (tertiary/aromatic N) is 3. The molecule has 1 amide bonds. The zero-order valence-corrected chi connectivity index (χ0v) is 17.5. The number of amides is 1. The van der Waals surface area contributed by atoms with Crippen molar-refractivity contribution in [2.45, 2.75) is 50.7 Å². The molecular formula is C26H26N4O. The quantitative estimate of drug-likeness (QED) is 0.524. The highest BCUT2D eigenvalue weighted by atomic mass is 16.2. The molecule has 0 radical (unpaired) electrons. The summed E-state index contributed by atoms with van der Waals surface area (Å²) in [6.45, 7) is 0.806. The lowest BCUT2D eigenvalue weighted by molar-refractivity contribution is 0.0643. The Labute approximate surface area is 181 Å². The number of hydrogen-bond donors (Lipinski definition) is 1. The van der Waals surface area contributed by atoms with Crippen molar-refractivity contribution in [1.29, 1.82) is 0 Å². The van der Waals surface area contributed by atoms with E-state index in [-0.39, 0.29) is 11.9 Å². The van der Waals surface area contributed by atoms with Gasteiger partial charge in [0.1, 0.15) is 0 Å². The molecule has 2 aliphatic carbocycles. The highest BCUT2D eigenvalue weighted by Crippen LogP contribution is 2.35. The third-order valence-corrected chi connectivity index (χ3v) is 6.78. The van der Waals surface area contributed by atoms with Crippen molar-refractivity contribution in [1.82, 2.24) is 19.7 Å². The third kappa shape index (κ3) is 3.44. The van der Waals surface area contributed by atoms with Crippen molar-refractivity contribution >= 4 is 16.8 Å². The fraction of sp³-hybridized carbons (Fsp3) is 0.308. The molecule has 1 N–H and O–H groups in total. The first-order valence-corrected chi connectivity index (χ1v) is 11.2. The van der Waals surface area contributed by atoms with Crippen LogP contribution in [0.3, 0.4) is 0 Å². The molecule has 0 bridgehead atoms. The number of nitrogens with one attached hydrogen (secondary N) is 1. The molecule has 6 rings (SSSR count). The minimum atomic E-state index is 0.175. The van der Waals surface area contributed by atoms with Crippen LogP contribution in [0.5, 0.6) is 0 Å². The van der Waals surface area contributed by atoms with Gasteiger partial charge in [-0.25, -0.2) is 0 Å². The molecule has 1 fully saturated rings. The second-order valence-electron chi connectivity index (χ2n) is 8.92. The molecule has 31 heavy (non-hydrogen) atoms. The zero-order chi connectivity index (χ0) is 20.8. The van der Waals surface area contributed by atoms with E-state index in [1.54, 1.807) is 0 Å². The van der Waals surface area contributed by atoms with Crippen molar-refractivity contribution in [2.24, 2.45) is 0 Å². The van der Waals surface area contributed by atoms with Crippen LogP contribution in [0.2, 0.25) is 0 Å². The second-order valence-corrected chi connectivity index (χ2v) is 8.92. The Balaban J connectivity index is 1.30. The van der Waals surface area contributed by atoms with Crippen molar-refractivity contribution < 1.29 is 4.79 Å². The van der Waals surface area contributed by atoms with Gasteiger partial charge in [0.15, 0.2) is 0 Å². The van der Waals surface area contributed by atoms with Crippen LogP contribution in [0.25, 0.3) is 10.9 Å². The van der Waals surface area contributed by atoms with Crippen molar-refractivity contribution in [3.8, 4) is 0 Å². The highest BCUT2D eigenvalue weighted by Gasteiger charge is 2.39. The zero-order valence-electron chi connectivity index (χ0n) is 17.5. The topological polar surface area (TPSA) is 53.9 Å². The summed E-state index contributed by atoms with van der Waals surface area (Å²) in [5, 5.41) is 8.48. The number of rotatable bonds is 5. The predicted octanol–water partition coefficient (Wildman–Crippen LogP) is 4.57. The molecule has 1 saturated carbocycles. The highest BCUT2D eigenvalue weighted by molar-refractivity contribution is 5.98. The lowest BCUT2D eigenvalue weighted by atomic mass is 9.91. The molecular weight excluding hydrogens is 384 g/mol. The van der Waals surface area contributed by atoms with Gasteiger partial charge in [0, 0.05) is 41.6 Å². The number of aromatic amines is 1. The van der Waals surface area contributed by atoms with Crippen LogP contribution in [0.15, 0.2) is 67.0 Å². The summed E-state index contributed by atoms with van der Waals surface area (Å²) < 4.78 is 2.24. The molecule has 2 heterocycles. The maximum Gasteiger partial charge on any atom is 0.254 e. The normalized spacial score (nSPS) is 18.1. The Morgan fingerprint density at radius 2 is 1.94 bits per heavy atom. The van der Waals surface area contributed by atoms with E-state index in [0.717, 1.165) is 49.7 Å². The Morgan fingerprint density at radius 3 is 2.77 bits per heavy atom. The summed E-state index contributed by atoms with van der Waals surface area (Å²) in [5.41, 5.74) is 5.67. The molecule has 4 aromatic rings. The monoisotopic (exact) mass is 410 g/mol. The number of benzene rings is 2. The number of hydrogen-bond acceptors (Lipinski definition) is 2. The van der Waals surface area contributed by atoms with Gasteiger partial charge < -0.3 is 9.47 Å². The number of fused-ring (bicyclic) bond motifs is 2. The Morgan fingerprint density at radius 1 is 1.06 bits per heavy atom. The van der Waals surface area contributed by atoms with E-state index in [2.05, 4.69) is 68.3 Å². The van der Waals surface area contributed by atoms with Crippen LogP contribution in [-0.4, -0.2) is 37.7 Å². The van der Waals surface area contributed by atoms with Crippen LogP contribution in [0.1, 0.15) is 46.4 Å². The summed E-state index contributed by atoms with van der Waals surface area (Å²) in [6.07, 6.45) is 9.16. The average molecular weight is 411 g/mol. The van der Waals surface area contributed by atoms with E-state index in [1.165, 1.54) is 22.2 Å². The third-order valence-electron chi connectivity index (χ3n) is 6.78. The Hall–Kier alpha value is -3.34. The largest absolute Gasteiger partial charge is 0.343 e. The summed E-state index contributed by atoms with van der Waals surface area (Å²) in [7, 11) is 0. The number of aromatic nitrogens is 3. The lowest BCUT2D eigenvalue weighted by Gasteiger charge is -2.34. The van der Waals surface area contributed by atoms with Gasteiger partial charge in [-0.05, 0) is 66.8 Å². The van der Waals surface area contributed by atoms with Gasteiger partial charge in [0.05, 0.1) is 6.20 Å². The van der Waals surface area contributed by atoms with Crippen LogP contribution >= 0.6 is 0 Å². The minimum Gasteiger partial charge on any atom is -0.343 e. The summed E-state index contributed by atoms with van der Waals surface area (Å²) in [4.78, 5) is 15.9. The number of aryl methyl sites for hydroxylation is 1. The summed E-state index contributed by atoms with van der Waals surface area (Å²) >= 11 is 0. The molecule has 1 atom stereocenters. The van der Waals surface area contributed by atoms with Gasteiger partial charge in [-0.15, -0.1) is 0 Å². The smallest absolute Gasteiger partial charge is 0.254 e. The first-order valence-electron chi connectivity index (χ1n) is 11.2. The van der Waals surface area contributed by atoms with Gasteiger partial charge in [0.2, 0.25) is 0 Å². The fourth-order valence-electron chi connectivity index (χ4n) is 5.00. The first kappa shape index (κ1) is 18.4. The summed E-state index contributed by atoms with van der Waals surface area (Å²) in [5.74, 6) is 0.175. The molecule has 0 aliphatic heterocycles. The Bertz CT molecular complexity index is 1230. The maximum absolute atomic E-state index is 13.7. The number of carbonyl (C=O) groups excluding carboxylic acids is 1. The fourth-order valence-corrected chi connectivity index (χ4v) is 5.00. The Kier molecular flexibility index (Phi) is 4.41. The second kappa shape index (κ2) is 7.41. The number of carbonyl (C=O) groups is 1. The lowest BCUT2D eigenvalue weighted by Crippen LogP contribution is -2.44. The van der Waals surface area contributed by atoms with Crippen molar-refractivity contribution in [3.63, 3.8) is 0 Å². The molecule has 0 spiro atoms. The van der Waals surface area contributed by atoms with Crippen molar-refractivity contribution in [2.75, 3.05) is 0 Å². The minimum absolute atomic E-state index is 0.175. The van der Waals surface area contributed by atoms with Crippen LogP contribution in [-0.2, 0) is 19.4 Å². The van der Waals surface area contributed by atoms with Crippen LogP contribution < -0.4 is 0 Å². The van der Waals surface area contributed by atoms with Crippen LogP contribution in [0.4, 0.5) is 0 Å². The van der Waals surface area contributed by atoms with E-state index < -0.39 is 0 Å². The molecule has 156 valence electrons. The molecule has 1 unspecified atom stereocenters. The maximum atomic E-state index is 13.7. The molecule has 5 nitrogen and oxygen atoms in total. The molecule has 2 aromatic carbocycles. The SMILES string of the molecule is O=C(c1ccc2ccn(Cc3ccccc3)c2c1)N(C1CC1)C1CCc2[nH]ncc2C1. The molecule has 2 aromatic heterocycles.